The van der Waals surface area contributed by atoms with Gasteiger partial charge in [0.15, 0.2) is 5.69 Å². The van der Waals surface area contributed by atoms with Gasteiger partial charge >= 0.3 is 12.1 Å². The molecule has 0 spiro atoms. The van der Waals surface area contributed by atoms with Crippen LogP contribution >= 0.6 is 0 Å². The lowest BCUT2D eigenvalue weighted by Gasteiger charge is -2.15. The summed E-state index contributed by atoms with van der Waals surface area (Å²) in [5.41, 5.74) is -1.70. The molecule has 0 radical (unpaired) electrons. The van der Waals surface area contributed by atoms with Crippen molar-refractivity contribution in [2.45, 2.75) is 6.18 Å². The average molecular weight is 234 g/mol. The van der Waals surface area contributed by atoms with Crippen LogP contribution in [0, 0.1) is 0 Å². The first-order valence-corrected chi connectivity index (χ1v) is 4.21. The number of anilines is 1. The number of nitrogens with zero attached hydrogens (tertiary/aromatic N) is 2. The lowest BCUT2D eigenvalue weighted by molar-refractivity contribution is -0.141. The summed E-state index contributed by atoms with van der Waals surface area (Å²) in [4.78, 5) is 15.0. The van der Waals surface area contributed by atoms with Crippen LogP contribution in [0.1, 0.15) is 16.2 Å². The molecule has 0 atom stereocenters. The number of alkyl halides is 3. The van der Waals surface area contributed by atoms with Crippen molar-refractivity contribution in [1.82, 2.24) is 4.98 Å². The highest BCUT2D eigenvalue weighted by atomic mass is 19.4. The lowest BCUT2D eigenvalue weighted by Crippen LogP contribution is -2.16. The van der Waals surface area contributed by atoms with Crippen LogP contribution in [0.3, 0.4) is 0 Å². The van der Waals surface area contributed by atoms with E-state index in [1.165, 1.54) is 19.0 Å². The molecule has 0 saturated heterocycles. The Balaban J connectivity index is 3.36. The maximum atomic E-state index is 12.4. The van der Waals surface area contributed by atoms with Gasteiger partial charge in [-0.1, -0.05) is 0 Å². The highest BCUT2D eigenvalue weighted by molar-refractivity contribution is 5.86. The van der Waals surface area contributed by atoms with E-state index in [1.807, 2.05) is 0 Å². The fourth-order valence-corrected chi connectivity index (χ4v) is 1.03. The van der Waals surface area contributed by atoms with Gasteiger partial charge in [0.25, 0.3) is 0 Å². The molecule has 0 saturated carbocycles. The third-order valence-electron chi connectivity index (χ3n) is 1.84. The first kappa shape index (κ1) is 12.3. The minimum Gasteiger partial charge on any atom is -0.477 e. The molecule has 0 aromatic carbocycles. The number of carbonyl (C=O) groups is 1. The molecule has 1 rings (SSSR count). The first-order valence-electron chi connectivity index (χ1n) is 4.21. The van der Waals surface area contributed by atoms with E-state index in [4.69, 9.17) is 5.11 Å². The van der Waals surface area contributed by atoms with Crippen molar-refractivity contribution >= 4 is 11.7 Å². The van der Waals surface area contributed by atoms with E-state index in [1.54, 1.807) is 0 Å². The summed E-state index contributed by atoms with van der Waals surface area (Å²) in [5.74, 6) is -1.49. The molecule has 0 bridgehead atoms. The molecular formula is C9H9F3N2O2. The summed E-state index contributed by atoms with van der Waals surface area (Å²) in [6.07, 6.45) is -4.66. The highest BCUT2D eigenvalue weighted by Gasteiger charge is 2.34. The molecule has 1 aromatic heterocycles. The number of halogens is 3. The standard InChI is InChI=1S/C9H9F3N2O2/c1-14(2)5-3-6(8(15)16)13-7(4-5)9(10,11)12/h3-4H,1-2H3,(H,15,16). The van der Waals surface area contributed by atoms with Gasteiger partial charge in [-0.2, -0.15) is 13.2 Å². The van der Waals surface area contributed by atoms with Crippen LogP contribution in [0.15, 0.2) is 12.1 Å². The third-order valence-corrected chi connectivity index (χ3v) is 1.84. The van der Waals surface area contributed by atoms with Crippen LogP contribution in [0.4, 0.5) is 18.9 Å². The van der Waals surface area contributed by atoms with Crippen molar-refractivity contribution in [3.05, 3.63) is 23.5 Å². The molecule has 0 fully saturated rings. The monoisotopic (exact) mass is 234 g/mol. The van der Waals surface area contributed by atoms with Gasteiger partial charge in [0.05, 0.1) is 0 Å². The summed E-state index contributed by atoms with van der Waals surface area (Å²) in [7, 11) is 3.03. The van der Waals surface area contributed by atoms with Crippen LogP contribution in [0.5, 0.6) is 0 Å². The van der Waals surface area contributed by atoms with Crippen molar-refractivity contribution in [2.75, 3.05) is 19.0 Å². The van der Waals surface area contributed by atoms with E-state index >= 15 is 0 Å². The number of hydrogen-bond donors (Lipinski definition) is 1. The molecule has 0 amide bonds. The first-order chi connectivity index (χ1) is 7.21. The molecule has 1 heterocycles. The number of hydrogen-bond acceptors (Lipinski definition) is 3. The molecule has 16 heavy (non-hydrogen) atoms. The van der Waals surface area contributed by atoms with Crippen LogP contribution in [0.2, 0.25) is 0 Å². The minimum absolute atomic E-state index is 0.139. The van der Waals surface area contributed by atoms with Gasteiger partial charge in [-0.05, 0) is 12.1 Å². The SMILES string of the molecule is CN(C)c1cc(C(=O)O)nc(C(F)(F)F)c1. The summed E-state index contributed by atoms with van der Waals surface area (Å²) in [6.45, 7) is 0. The molecule has 1 N–H and O–H groups in total. The smallest absolute Gasteiger partial charge is 0.433 e. The second kappa shape index (κ2) is 3.99. The van der Waals surface area contributed by atoms with Crippen molar-refractivity contribution in [3.8, 4) is 0 Å². The Morgan fingerprint density at radius 1 is 1.38 bits per heavy atom. The number of carboxylic acid groups (broad SMARTS) is 1. The maximum absolute atomic E-state index is 12.4. The van der Waals surface area contributed by atoms with Gasteiger partial charge < -0.3 is 10.0 Å². The molecule has 88 valence electrons. The summed E-state index contributed by atoms with van der Waals surface area (Å²) < 4.78 is 37.2. The minimum atomic E-state index is -4.66. The summed E-state index contributed by atoms with van der Waals surface area (Å²) >= 11 is 0. The number of pyridine rings is 1. The third kappa shape index (κ3) is 2.62. The molecule has 0 aliphatic rings. The fourth-order valence-electron chi connectivity index (χ4n) is 1.03. The van der Waals surface area contributed by atoms with E-state index in [9.17, 15) is 18.0 Å². The second-order valence-electron chi connectivity index (χ2n) is 3.29. The highest BCUT2D eigenvalue weighted by Crippen LogP contribution is 2.30. The summed E-state index contributed by atoms with van der Waals surface area (Å²) in [6, 6.07) is 1.88. The normalized spacial score (nSPS) is 11.3. The lowest BCUT2D eigenvalue weighted by atomic mass is 10.2. The number of rotatable bonds is 2. The molecule has 7 heteroatoms. The Hall–Kier alpha value is -1.79. The van der Waals surface area contributed by atoms with Crippen LogP contribution < -0.4 is 4.90 Å². The van der Waals surface area contributed by atoms with E-state index in [2.05, 4.69) is 4.98 Å². The van der Waals surface area contributed by atoms with E-state index < -0.39 is 23.5 Å². The van der Waals surface area contributed by atoms with Gasteiger partial charge in [-0.3, -0.25) is 0 Å². The molecule has 0 unspecified atom stereocenters. The van der Waals surface area contributed by atoms with Crippen molar-refractivity contribution < 1.29 is 23.1 Å². The van der Waals surface area contributed by atoms with Crippen LogP contribution in [-0.2, 0) is 6.18 Å². The van der Waals surface area contributed by atoms with Crippen LogP contribution in [0.25, 0.3) is 0 Å². The molecular weight excluding hydrogens is 225 g/mol. The molecule has 4 nitrogen and oxygen atoms in total. The maximum Gasteiger partial charge on any atom is 0.433 e. The Bertz CT molecular complexity index is 416. The van der Waals surface area contributed by atoms with E-state index in [-0.39, 0.29) is 5.69 Å². The molecule has 0 aliphatic carbocycles. The second-order valence-corrected chi connectivity index (χ2v) is 3.29. The average Bonchev–Trinajstić information content (AvgIpc) is 2.15. The largest absolute Gasteiger partial charge is 0.477 e. The quantitative estimate of drug-likeness (QED) is 0.848. The van der Waals surface area contributed by atoms with Crippen molar-refractivity contribution in [1.29, 1.82) is 0 Å². The number of carboxylic acids is 1. The zero-order chi connectivity index (χ0) is 12.5. The van der Waals surface area contributed by atoms with Gasteiger partial charge in [-0.15, -0.1) is 0 Å². The van der Waals surface area contributed by atoms with E-state index in [0.29, 0.717) is 0 Å². The predicted octanol–water partition coefficient (Wildman–Crippen LogP) is 1.86. The Morgan fingerprint density at radius 2 is 1.94 bits per heavy atom. The summed E-state index contributed by atoms with van der Waals surface area (Å²) in [5, 5.41) is 8.63. The Labute approximate surface area is 89.3 Å². The molecule has 1 aromatic rings. The van der Waals surface area contributed by atoms with Gasteiger partial charge in [0, 0.05) is 19.8 Å². The fraction of sp³-hybridized carbons (Fsp3) is 0.333. The van der Waals surface area contributed by atoms with Gasteiger partial charge in [0.2, 0.25) is 0 Å². The van der Waals surface area contributed by atoms with Gasteiger partial charge in [0.1, 0.15) is 5.69 Å². The zero-order valence-electron chi connectivity index (χ0n) is 8.54. The predicted molar refractivity (Wildman–Crippen MR) is 50.5 cm³/mol. The van der Waals surface area contributed by atoms with Crippen molar-refractivity contribution in [2.24, 2.45) is 0 Å². The van der Waals surface area contributed by atoms with Gasteiger partial charge in [-0.25, -0.2) is 9.78 Å². The van der Waals surface area contributed by atoms with Crippen LogP contribution in [-0.4, -0.2) is 30.2 Å². The number of aromatic nitrogens is 1. The Kier molecular flexibility index (Phi) is 3.06. The molecule has 0 aliphatic heterocycles. The van der Waals surface area contributed by atoms with Crippen molar-refractivity contribution in [3.63, 3.8) is 0 Å². The topological polar surface area (TPSA) is 53.4 Å². The number of aromatic carboxylic acids is 1. The van der Waals surface area contributed by atoms with E-state index in [0.717, 1.165) is 12.1 Å². The Morgan fingerprint density at radius 3 is 2.31 bits per heavy atom. The zero-order valence-corrected chi connectivity index (χ0v) is 8.54.